The van der Waals surface area contributed by atoms with Gasteiger partial charge in [0, 0.05) is 6.54 Å². The predicted octanol–water partition coefficient (Wildman–Crippen LogP) is 1.51. The number of nitrogen functional groups attached to an aromatic ring is 1. The van der Waals surface area contributed by atoms with E-state index in [-0.39, 0.29) is 5.69 Å². The van der Waals surface area contributed by atoms with Crippen LogP contribution in [-0.2, 0) is 6.54 Å². The first kappa shape index (κ1) is 14.4. The van der Waals surface area contributed by atoms with Crippen LogP contribution in [0.5, 0.6) is 5.88 Å². The van der Waals surface area contributed by atoms with Gasteiger partial charge in [-0.15, -0.1) is 5.10 Å². The SMILES string of the molecule is CCCOc1nc(Sc2n[nH]c(=O)n2CC)ccc1N. The lowest BCUT2D eigenvalue weighted by Crippen LogP contribution is -2.16. The highest BCUT2D eigenvalue weighted by atomic mass is 32.2. The smallest absolute Gasteiger partial charge is 0.343 e. The number of pyridine rings is 1. The maximum atomic E-state index is 11.5. The highest BCUT2D eigenvalue weighted by Crippen LogP contribution is 2.28. The van der Waals surface area contributed by atoms with Crippen molar-refractivity contribution in [2.75, 3.05) is 12.3 Å². The van der Waals surface area contributed by atoms with Gasteiger partial charge in [0.25, 0.3) is 0 Å². The first-order valence-corrected chi connectivity index (χ1v) is 7.19. The van der Waals surface area contributed by atoms with E-state index in [1.807, 2.05) is 13.8 Å². The Kier molecular flexibility index (Phi) is 4.67. The monoisotopic (exact) mass is 295 g/mol. The third kappa shape index (κ3) is 3.13. The number of aromatic nitrogens is 4. The Morgan fingerprint density at radius 3 is 2.95 bits per heavy atom. The molecule has 0 saturated heterocycles. The van der Waals surface area contributed by atoms with Crippen molar-refractivity contribution in [2.24, 2.45) is 0 Å². The first-order chi connectivity index (χ1) is 9.65. The van der Waals surface area contributed by atoms with Gasteiger partial charge in [0.05, 0.1) is 12.3 Å². The van der Waals surface area contributed by atoms with Crippen LogP contribution in [-0.4, -0.2) is 26.4 Å². The molecule has 3 N–H and O–H groups in total. The van der Waals surface area contributed by atoms with E-state index < -0.39 is 0 Å². The quantitative estimate of drug-likeness (QED) is 0.838. The average Bonchev–Trinajstić information content (AvgIpc) is 2.79. The zero-order chi connectivity index (χ0) is 14.5. The molecular weight excluding hydrogens is 278 g/mol. The highest BCUT2D eigenvalue weighted by molar-refractivity contribution is 7.99. The molecule has 2 heterocycles. The Labute approximate surface area is 120 Å². The zero-order valence-electron chi connectivity index (χ0n) is 11.4. The van der Waals surface area contributed by atoms with Crippen molar-refractivity contribution >= 4 is 17.4 Å². The van der Waals surface area contributed by atoms with Crippen LogP contribution in [0.1, 0.15) is 20.3 Å². The number of ether oxygens (including phenoxy) is 1. The fourth-order valence-corrected chi connectivity index (χ4v) is 2.42. The number of rotatable bonds is 6. The number of nitrogens with zero attached hydrogens (tertiary/aromatic N) is 3. The minimum atomic E-state index is -0.229. The summed E-state index contributed by atoms with van der Waals surface area (Å²) in [5, 5.41) is 7.64. The molecule has 0 unspecified atom stereocenters. The van der Waals surface area contributed by atoms with Crippen molar-refractivity contribution in [1.82, 2.24) is 19.7 Å². The predicted molar refractivity (Wildman–Crippen MR) is 77.1 cm³/mol. The van der Waals surface area contributed by atoms with Gasteiger partial charge in [0.15, 0.2) is 5.16 Å². The molecule has 8 heteroatoms. The fraction of sp³-hybridized carbons (Fsp3) is 0.417. The standard InChI is InChI=1S/C12H17N5O2S/c1-3-7-19-10-8(13)5-6-9(14-10)20-12-16-15-11(18)17(12)4-2/h5-6H,3-4,7,13H2,1-2H3,(H,15,18). The fourth-order valence-electron chi connectivity index (χ4n) is 1.56. The molecule has 20 heavy (non-hydrogen) atoms. The third-order valence-corrected chi connectivity index (χ3v) is 3.47. The van der Waals surface area contributed by atoms with Gasteiger partial charge < -0.3 is 10.5 Å². The summed E-state index contributed by atoms with van der Waals surface area (Å²) in [4.78, 5) is 15.8. The van der Waals surface area contributed by atoms with Crippen LogP contribution in [0.2, 0.25) is 0 Å². The van der Waals surface area contributed by atoms with E-state index in [9.17, 15) is 4.79 Å². The molecule has 2 aromatic rings. The normalized spacial score (nSPS) is 10.7. The second-order valence-corrected chi connectivity index (χ2v) is 5.04. The highest BCUT2D eigenvalue weighted by Gasteiger charge is 2.11. The van der Waals surface area contributed by atoms with Gasteiger partial charge in [-0.05, 0) is 37.2 Å². The molecule has 0 radical (unpaired) electrons. The minimum absolute atomic E-state index is 0.229. The van der Waals surface area contributed by atoms with Crippen molar-refractivity contribution in [3.05, 3.63) is 22.6 Å². The maximum Gasteiger partial charge on any atom is 0.343 e. The van der Waals surface area contributed by atoms with Crippen molar-refractivity contribution in [3.8, 4) is 5.88 Å². The molecular formula is C12H17N5O2S. The van der Waals surface area contributed by atoms with Crippen LogP contribution in [0, 0.1) is 0 Å². The van der Waals surface area contributed by atoms with Crippen LogP contribution in [0.25, 0.3) is 0 Å². The summed E-state index contributed by atoms with van der Waals surface area (Å²) < 4.78 is 7.02. The number of nitrogens with one attached hydrogen (secondary N) is 1. The number of anilines is 1. The number of nitrogens with two attached hydrogens (primary N) is 1. The Balaban J connectivity index is 2.22. The second kappa shape index (κ2) is 6.47. The topological polar surface area (TPSA) is 98.8 Å². The van der Waals surface area contributed by atoms with Gasteiger partial charge in [0.1, 0.15) is 5.03 Å². The summed E-state index contributed by atoms with van der Waals surface area (Å²) in [5.41, 5.74) is 6.08. The Hall–Kier alpha value is -1.96. The summed E-state index contributed by atoms with van der Waals surface area (Å²) >= 11 is 1.29. The lowest BCUT2D eigenvalue weighted by molar-refractivity contribution is 0.305. The molecule has 0 spiro atoms. The molecule has 0 aliphatic heterocycles. The van der Waals surface area contributed by atoms with Gasteiger partial charge in [-0.1, -0.05) is 6.92 Å². The van der Waals surface area contributed by atoms with E-state index >= 15 is 0 Å². The van der Waals surface area contributed by atoms with Gasteiger partial charge in [0.2, 0.25) is 5.88 Å². The number of aromatic amines is 1. The largest absolute Gasteiger partial charge is 0.476 e. The molecule has 2 rings (SSSR count). The van der Waals surface area contributed by atoms with Crippen LogP contribution >= 0.6 is 11.8 Å². The van der Waals surface area contributed by atoms with E-state index in [0.29, 0.717) is 34.9 Å². The number of H-pyrrole nitrogens is 1. The summed E-state index contributed by atoms with van der Waals surface area (Å²) in [5.74, 6) is 0.415. The maximum absolute atomic E-state index is 11.5. The molecule has 2 aromatic heterocycles. The Bertz CT molecular complexity index is 637. The molecule has 108 valence electrons. The molecule has 0 atom stereocenters. The molecule has 0 bridgehead atoms. The van der Waals surface area contributed by atoms with Crippen LogP contribution < -0.4 is 16.2 Å². The zero-order valence-corrected chi connectivity index (χ0v) is 12.2. The van der Waals surface area contributed by atoms with Crippen LogP contribution in [0.3, 0.4) is 0 Å². The van der Waals surface area contributed by atoms with Crippen LogP contribution in [0.4, 0.5) is 5.69 Å². The molecule has 0 fully saturated rings. The van der Waals surface area contributed by atoms with Gasteiger partial charge in [-0.2, -0.15) is 0 Å². The molecule has 0 amide bonds. The van der Waals surface area contributed by atoms with E-state index in [1.54, 1.807) is 12.1 Å². The third-order valence-electron chi connectivity index (χ3n) is 2.54. The van der Waals surface area contributed by atoms with Crippen molar-refractivity contribution in [3.63, 3.8) is 0 Å². The average molecular weight is 295 g/mol. The van der Waals surface area contributed by atoms with Crippen molar-refractivity contribution < 1.29 is 4.74 Å². The van der Waals surface area contributed by atoms with E-state index in [2.05, 4.69) is 15.2 Å². The second-order valence-electron chi connectivity index (χ2n) is 4.05. The van der Waals surface area contributed by atoms with Gasteiger partial charge in [-0.3, -0.25) is 4.57 Å². The minimum Gasteiger partial charge on any atom is -0.476 e. The van der Waals surface area contributed by atoms with Crippen LogP contribution in [0.15, 0.2) is 27.1 Å². The molecule has 0 aliphatic carbocycles. The van der Waals surface area contributed by atoms with E-state index in [1.165, 1.54) is 16.3 Å². The number of hydrogen-bond donors (Lipinski definition) is 2. The van der Waals surface area contributed by atoms with Crippen molar-refractivity contribution in [2.45, 2.75) is 37.0 Å². The summed E-state index contributed by atoms with van der Waals surface area (Å²) in [6.07, 6.45) is 0.882. The summed E-state index contributed by atoms with van der Waals surface area (Å²) in [6.45, 7) is 5.00. The molecule has 0 aliphatic rings. The lowest BCUT2D eigenvalue weighted by atomic mass is 10.4. The van der Waals surface area contributed by atoms with Crippen molar-refractivity contribution in [1.29, 1.82) is 0 Å². The molecule has 0 saturated carbocycles. The van der Waals surface area contributed by atoms with E-state index in [0.717, 1.165) is 6.42 Å². The summed E-state index contributed by atoms with van der Waals surface area (Å²) in [7, 11) is 0. The number of hydrogen-bond acceptors (Lipinski definition) is 6. The van der Waals surface area contributed by atoms with Gasteiger partial charge >= 0.3 is 5.69 Å². The Morgan fingerprint density at radius 1 is 1.45 bits per heavy atom. The molecule has 7 nitrogen and oxygen atoms in total. The van der Waals surface area contributed by atoms with Gasteiger partial charge in [-0.25, -0.2) is 14.9 Å². The summed E-state index contributed by atoms with van der Waals surface area (Å²) in [6, 6.07) is 3.51. The lowest BCUT2D eigenvalue weighted by Gasteiger charge is -2.08. The van der Waals surface area contributed by atoms with E-state index in [4.69, 9.17) is 10.5 Å². The molecule has 0 aromatic carbocycles. The first-order valence-electron chi connectivity index (χ1n) is 6.38. The Morgan fingerprint density at radius 2 is 2.25 bits per heavy atom.